The second kappa shape index (κ2) is 12.2. The zero-order valence-electron chi connectivity index (χ0n) is 18.2. The summed E-state index contributed by atoms with van der Waals surface area (Å²) in [4.78, 5) is 0. The first-order valence-electron chi connectivity index (χ1n) is 11.7. The molecule has 0 bridgehead atoms. The van der Waals surface area contributed by atoms with Crippen molar-refractivity contribution in [3.63, 3.8) is 0 Å². The summed E-state index contributed by atoms with van der Waals surface area (Å²) in [6.45, 7) is 2.28. The van der Waals surface area contributed by atoms with E-state index in [-0.39, 0.29) is 5.82 Å². The lowest BCUT2D eigenvalue weighted by molar-refractivity contribution is 0.302. The van der Waals surface area contributed by atoms with Crippen LogP contribution in [0.15, 0.2) is 42.5 Å². The fourth-order valence-electron chi connectivity index (χ4n) is 4.57. The molecule has 0 radical (unpaired) electrons. The van der Waals surface area contributed by atoms with E-state index in [2.05, 4.69) is 43.0 Å². The Morgan fingerprint density at radius 2 is 1.57 bits per heavy atom. The zero-order chi connectivity index (χ0) is 21.2. The van der Waals surface area contributed by atoms with Crippen LogP contribution in [0.3, 0.4) is 0 Å². The van der Waals surface area contributed by atoms with Crippen LogP contribution in [0.5, 0.6) is 0 Å². The average molecular weight is 425 g/mol. The molecule has 1 aliphatic carbocycles. The van der Waals surface area contributed by atoms with Gasteiger partial charge in [-0.25, -0.2) is 4.39 Å². The number of halogens is 2. The summed E-state index contributed by atoms with van der Waals surface area (Å²) in [5.41, 5.74) is 2.73. The quantitative estimate of drug-likeness (QED) is 0.293. The topological polar surface area (TPSA) is 0 Å². The van der Waals surface area contributed by atoms with Gasteiger partial charge in [-0.3, -0.25) is 0 Å². The van der Waals surface area contributed by atoms with Crippen molar-refractivity contribution in [2.24, 2.45) is 5.92 Å². The molecule has 3 rings (SSSR count). The van der Waals surface area contributed by atoms with Gasteiger partial charge in [-0.15, -0.1) is 0 Å². The smallest absolute Gasteiger partial charge is 0.140 e. The predicted octanol–water partition coefficient (Wildman–Crippen LogP) is 8.90. The van der Waals surface area contributed by atoms with Crippen LogP contribution in [0, 0.1) is 23.6 Å². The van der Waals surface area contributed by atoms with Crippen LogP contribution >= 0.6 is 11.6 Å². The number of unbranched alkanes of at least 4 members (excludes halogenated alkanes) is 5. The molecule has 0 atom stereocenters. The molecule has 1 aliphatic rings. The van der Waals surface area contributed by atoms with Crippen LogP contribution < -0.4 is 0 Å². The largest absolute Gasteiger partial charge is 0.206 e. The van der Waals surface area contributed by atoms with E-state index in [1.807, 2.05) is 0 Å². The second-order valence-corrected chi connectivity index (χ2v) is 9.21. The highest BCUT2D eigenvalue weighted by Crippen LogP contribution is 2.37. The summed E-state index contributed by atoms with van der Waals surface area (Å²) in [5, 5.41) is 0.393. The Bertz CT molecular complexity index is 835. The molecule has 0 unspecified atom stereocenters. The lowest BCUT2D eigenvalue weighted by Crippen LogP contribution is -2.13. The number of benzene rings is 2. The molecule has 2 aromatic rings. The van der Waals surface area contributed by atoms with E-state index in [0.717, 1.165) is 11.5 Å². The summed E-state index contributed by atoms with van der Waals surface area (Å²) in [5.74, 6) is 7.23. The van der Waals surface area contributed by atoms with Gasteiger partial charge in [0.15, 0.2) is 0 Å². The summed E-state index contributed by atoms with van der Waals surface area (Å²) >= 11 is 5.79. The van der Waals surface area contributed by atoms with Crippen LogP contribution in [-0.2, 0) is 0 Å². The molecule has 1 saturated carbocycles. The highest BCUT2D eigenvalue weighted by atomic mass is 35.5. The third-order valence-corrected chi connectivity index (χ3v) is 6.70. The normalized spacial score (nSPS) is 18.6. The van der Waals surface area contributed by atoms with Gasteiger partial charge in [0, 0.05) is 10.6 Å². The molecule has 0 N–H and O–H groups in total. The molecular formula is C28H34ClF. The molecule has 1 fully saturated rings. The maximum atomic E-state index is 13.9. The van der Waals surface area contributed by atoms with E-state index in [9.17, 15) is 4.39 Å². The Morgan fingerprint density at radius 1 is 0.867 bits per heavy atom. The van der Waals surface area contributed by atoms with E-state index in [1.165, 1.54) is 82.3 Å². The highest BCUT2D eigenvalue weighted by Gasteiger charge is 2.21. The van der Waals surface area contributed by atoms with Crippen molar-refractivity contribution >= 4 is 11.6 Å². The van der Waals surface area contributed by atoms with Gasteiger partial charge in [-0.05, 0) is 73.4 Å². The summed E-state index contributed by atoms with van der Waals surface area (Å²) < 4.78 is 13.9. The van der Waals surface area contributed by atoms with Crippen LogP contribution in [0.25, 0.3) is 0 Å². The Morgan fingerprint density at radius 3 is 2.27 bits per heavy atom. The van der Waals surface area contributed by atoms with Gasteiger partial charge in [0.2, 0.25) is 0 Å². The molecule has 0 aromatic heterocycles. The lowest BCUT2D eigenvalue weighted by Gasteiger charge is -2.29. The van der Waals surface area contributed by atoms with Crippen LogP contribution in [0.4, 0.5) is 4.39 Å². The van der Waals surface area contributed by atoms with Crippen molar-refractivity contribution < 1.29 is 4.39 Å². The van der Waals surface area contributed by atoms with E-state index in [0.29, 0.717) is 16.5 Å². The first-order valence-corrected chi connectivity index (χ1v) is 12.1. The summed E-state index contributed by atoms with van der Waals surface area (Å²) in [7, 11) is 0. The molecule has 0 aliphatic heterocycles. The minimum atomic E-state index is -0.371. The molecule has 0 saturated heterocycles. The minimum Gasteiger partial charge on any atom is -0.206 e. The molecule has 2 aromatic carbocycles. The van der Waals surface area contributed by atoms with Crippen LogP contribution in [0.1, 0.15) is 100 Å². The molecule has 0 heterocycles. The zero-order valence-corrected chi connectivity index (χ0v) is 19.0. The number of hydrogen-bond acceptors (Lipinski definition) is 0. The van der Waals surface area contributed by atoms with E-state index in [4.69, 9.17) is 11.6 Å². The molecule has 2 heteroatoms. The first kappa shape index (κ1) is 22.9. The van der Waals surface area contributed by atoms with Crippen molar-refractivity contribution in [2.45, 2.75) is 83.5 Å². The highest BCUT2D eigenvalue weighted by molar-refractivity contribution is 6.30. The van der Waals surface area contributed by atoms with Gasteiger partial charge in [0.25, 0.3) is 0 Å². The monoisotopic (exact) mass is 424 g/mol. The van der Waals surface area contributed by atoms with Crippen molar-refractivity contribution in [1.82, 2.24) is 0 Å². The molecule has 160 valence electrons. The lowest BCUT2D eigenvalue weighted by atomic mass is 9.77. The maximum absolute atomic E-state index is 13.9. The van der Waals surface area contributed by atoms with Gasteiger partial charge in [-0.2, -0.15) is 0 Å². The van der Waals surface area contributed by atoms with Crippen molar-refractivity contribution in [3.05, 3.63) is 70.0 Å². The number of hydrogen-bond donors (Lipinski definition) is 0. The molecule has 0 spiro atoms. The third-order valence-electron chi connectivity index (χ3n) is 6.47. The van der Waals surface area contributed by atoms with Gasteiger partial charge in [0.1, 0.15) is 5.82 Å². The third kappa shape index (κ3) is 7.17. The Kier molecular flexibility index (Phi) is 9.28. The SMILES string of the molecule is CCCCCCCCC1CCC(c2ccc(C#Cc3ccc(Cl)cc3F)cc2)CC1. The van der Waals surface area contributed by atoms with Crippen molar-refractivity contribution in [1.29, 1.82) is 0 Å². The molecule has 30 heavy (non-hydrogen) atoms. The Hall–Kier alpha value is -1.78. The van der Waals surface area contributed by atoms with Crippen LogP contribution in [0.2, 0.25) is 5.02 Å². The maximum Gasteiger partial charge on any atom is 0.140 e. The first-order chi connectivity index (χ1) is 14.7. The van der Waals surface area contributed by atoms with Gasteiger partial charge in [-0.1, -0.05) is 87.4 Å². The van der Waals surface area contributed by atoms with E-state index in [1.54, 1.807) is 12.1 Å². The minimum absolute atomic E-state index is 0.371. The van der Waals surface area contributed by atoms with E-state index < -0.39 is 0 Å². The fourth-order valence-corrected chi connectivity index (χ4v) is 4.73. The predicted molar refractivity (Wildman–Crippen MR) is 127 cm³/mol. The fraction of sp³-hybridized carbons (Fsp3) is 0.500. The van der Waals surface area contributed by atoms with Gasteiger partial charge < -0.3 is 0 Å². The Labute approximate surface area is 187 Å². The van der Waals surface area contributed by atoms with Crippen LogP contribution in [-0.4, -0.2) is 0 Å². The van der Waals surface area contributed by atoms with Crippen molar-refractivity contribution in [2.75, 3.05) is 0 Å². The average Bonchev–Trinajstić information content (AvgIpc) is 2.76. The van der Waals surface area contributed by atoms with E-state index >= 15 is 0 Å². The Balaban J connectivity index is 1.44. The van der Waals surface area contributed by atoms with Gasteiger partial charge >= 0.3 is 0 Å². The summed E-state index contributed by atoms with van der Waals surface area (Å²) in [6, 6.07) is 13.2. The van der Waals surface area contributed by atoms with Gasteiger partial charge in [0.05, 0.1) is 5.56 Å². The molecule has 0 nitrogen and oxygen atoms in total. The second-order valence-electron chi connectivity index (χ2n) is 8.77. The number of rotatable bonds is 8. The standard InChI is InChI=1S/C28H34ClF/c1-2-3-4-5-6-7-8-22-9-14-24(15-10-22)25-16-11-23(12-17-25)13-18-26-19-20-27(29)21-28(26)30/h11-12,16-17,19-22,24H,2-10,14-15H2,1H3. The molecule has 0 amide bonds. The van der Waals surface area contributed by atoms with Crippen molar-refractivity contribution in [3.8, 4) is 11.8 Å². The molecular weight excluding hydrogens is 391 g/mol. The summed E-state index contributed by atoms with van der Waals surface area (Å²) in [6.07, 6.45) is 15.2.